The molecule has 2 N–H and O–H groups in total. The molecule has 4 heteroatoms. The number of nitrogens with zero attached hydrogens (tertiary/aromatic N) is 2. The lowest BCUT2D eigenvalue weighted by Crippen LogP contribution is -2.07. The summed E-state index contributed by atoms with van der Waals surface area (Å²) >= 11 is 0. The van der Waals surface area contributed by atoms with E-state index in [0.29, 0.717) is 0 Å². The summed E-state index contributed by atoms with van der Waals surface area (Å²) in [5, 5.41) is 11.3. The zero-order chi connectivity index (χ0) is 25.9. The van der Waals surface area contributed by atoms with Gasteiger partial charge in [0.05, 0.1) is 12.2 Å². The maximum atomic E-state index is 4.79. The van der Waals surface area contributed by atoms with Crippen molar-refractivity contribution >= 4 is 11.4 Å². The SMILES string of the molecule is C=C(Nc1ccc(CNC)cc1)c1cc(C)n(Cc2cc(CC)ccc2C)n1.CCc1ccccc1. The number of hydrogen-bond donors (Lipinski definition) is 2. The van der Waals surface area contributed by atoms with Gasteiger partial charge in [0.25, 0.3) is 0 Å². The highest BCUT2D eigenvalue weighted by atomic mass is 15.3. The standard InChI is InChI=1S/C24H30N4.C8H10/c1-6-20-8-7-17(2)22(14-20)16-28-18(3)13-24(27-28)19(4)26-23-11-9-21(10-12-23)15-25-5;1-2-8-6-4-3-5-7-8/h7-14,25-26H,4,6,15-16H2,1-3,5H3;3-7H,2H2,1H3. The molecule has 0 aliphatic heterocycles. The van der Waals surface area contributed by atoms with E-state index in [1.54, 1.807) is 0 Å². The van der Waals surface area contributed by atoms with Crippen molar-refractivity contribution in [1.82, 2.24) is 15.1 Å². The van der Waals surface area contributed by atoms with Crippen LogP contribution in [-0.2, 0) is 25.9 Å². The molecule has 0 saturated heterocycles. The van der Waals surface area contributed by atoms with Crippen molar-refractivity contribution in [3.05, 3.63) is 125 Å². The molecule has 0 atom stereocenters. The van der Waals surface area contributed by atoms with Crippen LogP contribution in [0.25, 0.3) is 5.70 Å². The number of rotatable bonds is 9. The molecule has 3 aromatic carbocycles. The van der Waals surface area contributed by atoms with Gasteiger partial charge in [-0.1, -0.05) is 81.1 Å². The summed E-state index contributed by atoms with van der Waals surface area (Å²) in [7, 11) is 1.95. The van der Waals surface area contributed by atoms with Crippen LogP contribution in [0.5, 0.6) is 0 Å². The van der Waals surface area contributed by atoms with Crippen LogP contribution in [0.1, 0.15) is 53.1 Å². The van der Waals surface area contributed by atoms with Crippen molar-refractivity contribution in [3.63, 3.8) is 0 Å². The number of anilines is 1. The van der Waals surface area contributed by atoms with Gasteiger partial charge in [-0.25, -0.2) is 0 Å². The molecule has 0 saturated carbocycles. The molecule has 0 radical (unpaired) electrons. The number of hydrogen-bond acceptors (Lipinski definition) is 3. The Hall–Kier alpha value is -3.63. The summed E-state index contributed by atoms with van der Waals surface area (Å²) in [5.74, 6) is 0. The molecule has 4 aromatic rings. The van der Waals surface area contributed by atoms with E-state index >= 15 is 0 Å². The molecule has 0 aliphatic rings. The van der Waals surface area contributed by atoms with E-state index < -0.39 is 0 Å². The second-order valence-electron chi connectivity index (χ2n) is 9.11. The van der Waals surface area contributed by atoms with E-state index in [1.807, 2.05) is 13.1 Å². The summed E-state index contributed by atoms with van der Waals surface area (Å²) < 4.78 is 2.06. The molecular weight excluding hydrogens is 440 g/mol. The quantitative estimate of drug-likeness (QED) is 0.267. The topological polar surface area (TPSA) is 41.9 Å². The van der Waals surface area contributed by atoms with Crippen molar-refractivity contribution in [2.75, 3.05) is 12.4 Å². The first kappa shape index (κ1) is 27.0. The summed E-state index contributed by atoms with van der Waals surface area (Å²) in [6.45, 7) is 14.4. The smallest absolute Gasteiger partial charge is 0.108 e. The number of aromatic nitrogens is 2. The van der Waals surface area contributed by atoms with E-state index in [0.717, 1.165) is 48.7 Å². The van der Waals surface area contributed by atoms with Crippen molar-refractivity contribution in [3.8, 4) is 0 Å². The Bertz CT molecular complexity index is 1240. The van der Waals surface area contributed by atoms with E-state index in [1.165, 1.54) is 27.8 Å². The summed E-state index contributed by atoms with van der Waals surface area (Å²) in [5.41, 5.74) is 10.5. The van der Waals surface area contributed by atoms with E-state index in [9.17, 15) is 0 Å². The third-order valence-electron chi connectivity index (χ3n) is 6.31. The summed E-state index contributed by atoms with van der Waals surface area (Å²) in [6.07, 6.45) is 2.19. The largest absolute Gasteiger partial charge is 0.354 e. The van der Waals surface area contributed by atoms with Crippen LogP contribution in [0.3, 0.4) is 0 Å². The molecule has 1 heterocycles. The fourth-order valence-electron chi connectivity index (χ4n) is 3.96. The molecule has 0 bridgehead atoms. The van der Waals surface area contributed by atoms with Crippen LogP contribution >= 0.6 is 0 Å². The first-order chi connectivity index (χ1) is 17.4. The van der Waals surface area contributed by atoms with E-state index in [4.69, 9.17) is 5.10 Å². The Kier molecular flexibility index (Phi) is 10.1. The zero-order valence-corrected chi connectivity index (χ0v) is 22.4. The molecule has 1 aromatic heterocycles. The van der Waals surface area contributed by atoms with Crippen molar-refractivity contribution in [1.29, 1.82) is 0 Å². The van der Waals surface area contributed by atoms with Crippen LogP contribution in [-0.4, -0.2) is 16.8 Å². The minimum absolute atomic E-state index is 0.775. The highest BCUT2D eigenvalue weighted by molar-refractivity contribution is 5.73. The summed E-state index contributed by atoms with van der Waals surface area (Å²) in [6, 6.07) is 27.6. The monoisotopic (exact) mass is 480 g/mol. The average Bonchev–Trinajstić information content (AvgIpc) is 3.27. The van der Waals surface area contributed by atoms with Crippen LogP contribution in [0, 0.1) is 13.8 Å². The molecule has 0 amide bonds. The highest BCUT2D eigenvalue weighted by Gasteiger charge is 2.10. The van der Waals surface area contributed by atoms with Gasteiger partial charge in [0, 0.05) is 17.9 Å². The number of benzene rings is 3. The van der Waals surface area contributed by atoms with Crippen molar-refractivity contribution in [2.45, 2.75) is 53.6 Å². The number of nitrogens with one attached hydrogen (secondary N) is 2. The molecule has 4 nitrogen and oxygen atoms in total. The molecule has 0 aliphatic carbocycles. The maximum absolute atomic E-state index is 4.79. The van der Waals surface area contributed by atoms with Gasteiger partial charge in [0.2, 0.25) is 0 Å². The number of aryl methyl sites for hydroxylation is 4. The van der Waals surface area contributed by atoms with Gasteiger partial charge in [-0.3, -0.25) is 4.68 Å². The Balaban J connectivity index is 0.000000383. The van der Waals surface area contributed by atoms with Gasteiger partial charge in [-0.15, -0.1) is 0 Å². The Morgan fingerprint density at radius 1 is 0.833 bits per heavy atom. The van der Waals surface area contributed by atoms with Crippen LogP contribution < -0.4 is 10.6 Å². The maximum Gasteiger partial charge on any atom is 0.108 e. The predicted octanol–water partition coefficient (Wildman–Crippen LogP) is 7.16. The lowest BCUT2D eigenvalue weighted by molar-refractivity contribution is 0.659. The van der Waals surface area contributed by atoms with Crippen LogP contribution in [0.2, 0.25) is 0 Å². The van der Waals surface area contributed by atoms with Gasteiger partial charge in [0.15, 0.2) is 0 Å². The fraction of sp³-hybridized carbons (Fsp3) is 0.281. The van der Waals surface area contributed by atoms with Crippen LogP contribution in [0.15, 0.2) is 85.4 Å². The molecule has 0 spiro atoms. The zero-order valence-electron chi connectivity index (χ0n) is 22.4. The van der Waals surface area contributed by atoms with Crippen LogP contribution in [0.4, 0.5) is 5.69 Å². The first-order valence-corrected chi connectivity index (χ1v) is 12.8. The Morgan fingerprint density at radius 2 is 1.50 bits per heavy atom. The van der Waals surface area contributed by atoms with E-state index in [2.05, 4.69) is 122 Å². The second-order valence-corrected chi connectivity index (χ2v) is 9.11. The molecule has 4 rings (SSSR count). The van der Waals surface area contributed by atoms with Gasteiger partial charge in [-0.2, -0.15) is 5.10 Å². The molecule has 36 heavy (non-hydrogen) atoms. The van der Waals surface area contributed by atoms with Gasteiger partial charge >= 0.3 is 0 Å². The van der Waals surface area contributed by atoms with E-state index in [-0.39, 0.29) is 0 Å². The molecular formula is C32H40N4. The third kappa shape index (κ3) is 7.69. The fourth-order valence-corrected chi connectivity index (χ4v) is 3.96. The third-order valence-corrected chi connectivity index (χ3v) is 6.31. The van der Waals surface area contributed by atoms with Gasteiger partial charge in [0.1, 0.15) is 5.69 Å². The molecule has 0 fully saturated rings. The summed E-state index contributed by atoms with van der Waals surface area (Å²) in [4.78, 5) is 0. The van der Waals surface area contributed by atoms with Gasteiger partial charge in [-0.05, 0) is 79.8 Å². The predicted molar refractivity (Wildman–Crippen MR) is 154 cm³/mol. The van der Waals surface area contributed by atoms with Crippen molar-refractivity contribution in [2.24, 2.45) is 0 Å². The van der Waals surface area contributed by atoms with Gasteiger partial charge < -0.3 is 10.6 Å². The minimum Gasteiger partial charge on any atom is -0.354 e. The molecule has 188 valence electrons. The highest BCUT2D eigenvalue weighted by Crippen LogP contribution is 2.20. The average molecular weight is 481 g/mol. The lowest BCUT2D eigenvalue weighted by atomic mass is 10.0. The minimum atomic E-state index is 0.775. The van der Waals surface area contributed by atoms with Crippen molar-refractivity contribution < 1.29 is 0 Å². The lowest BCUT2D eigenvalue weighted by Gasteiger charge is -2.10. The molecule has 0 unspecified atom stereocenters. The normalized spacial score (nSPS) is 10.5. The second kappa shape index (κ2) is 13.5. The Morgan fingerprint density at radius 3 is 2.11 bits per heavy atom. The first-order valence-electron chi connectivity index (χ1n) is 12.8. The Labute approximate surface area is 217 Å².